The highest BCUT2D eigenvalue weighted by atomic mass is 32.2. The van der Waals surface area contributed by atoms with Crippen LogP contribution in [0.2, 0.25) is 0 Å². The molecule has 184 valence electrons. The second-order valence-corrected chi connectivity index (χ2v) is 12.7. The van der Waals surface area contributed by atoms with Gasteiger partial charge in [-0.2, -0.15) is 0 Å². The molecule has 12 heteroatoms. The molecule has 2 aromatic rings. The van der Waals surface area contributed by atoms with Gasteiger partial charge in [-0.05, 0) is 25.1 Å². The maximum absolute atomic E-state index is 12.0. The molecule has 0 saturated carbocycles. The zero-order valence-electron chi connectivity index (χ0n) is 19.3. The van der Waals surface area contributed by atoms with Gasteiger partial charge in [0.05, 0.1) is 21.7 Å². The van der Waals surface area contributed by atoms with Gasteiger partial charge in [-0.25, -0.2) is 21.8 Å². The van der Waals surface area contributed by atoms with Crippen molar-refractivity contribution < 1.29 is 21.9 Å². The lowest BCUT2D eigenvalue weighted by molar-refractivity contribution is -0.799. The van der Waals surface area contributed by atoms with Gasteiger partial charge in [0.1, 0.15) is 17.6 Å². The van der Waals surface area contributed by atoms with Gasteiger partial charge in [0.2, 0.25) is 0 Å². The van der Waals surface area contributed by atoms with Crippen molar-refractivity contribution in [2.45, 2.75) is 26.2 Å². The van der Waals surface area contributed by atoms with Crippen LogP contribution in [0.4, 0.5) is 0 Å². The smallest absolute Gasteiger partial charge is 0.199 e. The zero-order chi connectivity index (χ0) is 25.3. The number of nitrogens with one attached hydrogen (secondary N) is 1. The predicted molar refractivity (Wildman–Crippen MR) is 129 cm³/mol. The largest absolute Gasteiger partial charge is 0.757 e. The Hall–Kier alpha value is -2.64. The van der Waals surface area contributed by atoms with Gasteiger partial charge in [0, 0.05) is 30.4 Å². The summed E-state index contributed by atoms with van der Waals surface area (Å²) in [5, 5.41) is 27.2. The first-order chi connectivity index (χ1) is 15.8. The fraction of sp³-hybridized carbons (Fsp3) is 0.364. The topological polar surface area (TPSA) is 147 Å². The first kappa shape index (κ1) is 26.0. The molecule has 0 bridgehead atoms. The van der Waals surface area contributed by atoms with Crippen molar-refractivity contribution in [1.29, 1.82) is 0 Å². The molecule has 0 aliphatic carbocycles. The van der Waals surface area contributed by atoms with E-state index in [1.54, 1.807) is 32.0 Å². The molecule has 2 heterocycles. The number of hydroxylamine groups is 4. The van der Waals surface area contributed by atoms with Crippen molar-refractivity contribution in [1.82, 2.24) is 5.06 Å². The average Bonchev–Trinajstić information content (AvgIpc) is 2.74. The third-order valence-electron chi connectivity index (χ3n) is 5.37. The molecule has 10 nitrogen and oxygen atoms in total. The molecule has 0 fully saturated rings. The van der Waals surface area contributed by atoms with E-state index in [0.29, 0.717) is 27.2 Å². The van der Waals surface area contributed by atoms with Crippen LogP contribution in [0, 0.1) is 10.4 Å². The molecular formula is C22H27N4O6S2-. The van der Waals surface area contributed by atoms with Crippen LogP contribution in [0.3, 0.4) is 0 Å². The van der Waals surface area contributed by atoms with E-state index in [0.717, 1.165) is 22.9 Å². The van der Waals surface area contributed by atoms with Crippen molar-refractivity contribution in [2.24, 2.45) is 9.98 Å². The summed E-state index contributed by atoms with van der Waals surface area (Å²) in [5.41, 5.74) is 1.09. The van der Waals surface area contributed by atoms with E-state index < -0.39 is 32.0 Å². The summed E-state index contributed by atoms with van der Waals surface area (Å²) in [6, 6.07) is 14.5. The highest BCUT2D eigenvalue weighted by molar-refractivity contribution is 7.90. The maximum Gasteiger partial charge on any atom is 0.199 e. The number of benzene rings is 2. The summed E-state index contributed by atoms with van der Waals surface area (Å²) in [6.07, 6.45) is 0.553. The number of hydrogen-bond donors (Lipinski definition) is 1. The van der Waals surface area contributed by atoms with Crippen molar-refractivity contribution in [2.75, 3.05) is 24.0 Å². The molecule has 2 aromatic carbocycles. The summed E-state index contributed by atoms with van der Waals surface area (Å²) in [5.74, 6) is -0.486. The van der Waals surface area contributed by atoms with Crippen molar-refractivity contribution in [3.05, 3.63) is 80.1 Å². The Kier molecular flexibility index (Phi) is 7.58. The molecule has 2 aliphatic rings. The monoisotopic (exact) mass is 507 g/mol. The minimum absolute atomic E-state index is 0.200. The second kappa shape index (κ2) is 9.92. The molecule has 4 rings (SSSR count). The first-order valence-corrected chi connectivity index (χ1v) is 14.5. The van der Waals surface area contributed by atoms with E-state index in [9.17, 15) is 27.3 Å². The van der Waals surface area contributed by atoms with E-state index in [2.05, 4.69) is 9.98 Å². The maximum atomic E-state index is 12.0. The number of sulfone groups is 2. The molecule has 0 spiro atoms. The molecule has 0 saturated heterocycles. The van der Waals surface area contributed by atoms with Gasteiger partial charge in [0.25, 0.3) is 0 Å². The Balaban J connectivity index is 0.000000191. The Morgan fingerprint density at radius 1 is 0.853 bits per heavy atom. The lowest BCUT2D eigenvalue weighted by atomic mass is 10.2. The SMILES string of the molecule is CC1=c2ccccc2=NC(CS(C)(=O)=O)N1[O-].CC1=c2ccccc2=NC(CS(C)(=O)=O)[NH+]1[O-]. The summed E-state index contributed by atoms with van der Waals surface area (Å²) in [7, 11) is -6.44. The number of nitrogens with zero attached hydrogens (tertiary/aromatic N) is 3. The summed E-state index contributed by atoms with van der Waals surface area (Å²) < 4.78 is 44.9. The van der Waals surface area contributed by atoms with Gasteiger partial charge in [0.15, 0.2) is 25.8 Å². The van der Waals surface area contributed by atoms with Gasteiger partial charge in [-0.3, -0.25) is 4.99 Å². The molecule has 3 atom stereocenters. The number of quaternary nitrogens is 1. The summed E-state index contributed by atoms with van der Waals surface area (Å²) in [6.45, 7) is 3.39. The van der Waals surface area contributed by atoms with E-state index in [1.807, 2.05) is 30.3 Å². The first-order valence-electron chi connectivity index (χ1n) is 10.4. The second-order valence-electron chi connectivity index (χ2n) is 8.37. The van der Waals surface area contributed by atoms with Gasteiger partial charge < -0.3 is 20.5 Å². The lowest BCUT2D eigenvalue weighted by Crippen LogP contribution is -3.10. The molecule has 34 heavy (non-hydrogen) atoms. The Morgan fingerprint density at radius 2 is 1.35 bits per heavy atom. The number of hydrogen-bond acceptors (Lipinski definition) is 9. The van der Waals surface area contributed by atoms with Crippen LogP contribution >= 0.6 is 0 Å². The Morgan fingerprint density at radius 3 is 1.91 bits per heavy atom. The fourth-order valence-electron chi connectivity index (χ4n) is 3.74. The minimum Gasteiger partial charge on any atom is -0.757 e. The summed E-state index contributed by atoms with van der Waals surface area (Å²) >= 11 is 0. The van der Waals surface area contributed by atoms with Gasteiger partial charge >= 0.3 is 0 Å². The van der Waals surface area contributed by atoms with Crippen LogP contribution in [0.5, 0.6) is 0 Å². The molecule has 3 unspecified atom stereocenters. The quantitative estimate of drug-likeness (QED) is 0.463. The predicted octanol–water partition coefficient (Wildman–Crippen LogP) is -2.18. The van der Waals surface area contributed by atoms with E-state index >= 15 is 0 Å². The summed E-state index contributed by atoms with van der Waals surface area (Å²) in [4.78, 5) is 8.39. The zero-order valence-corrected chi connectivity index (χ0v) is 20.9. The Labute approximate surface area is 198 Å². The van der Waals surface area contributed by atoms with E-state index in [1.165, 1.54) is 0 Å². The van der Waals surface area contributed by atoms with Crippen LogP contribution in [-0.4, -0.2) is 58.2 Å². The average molecular weight is 508 g/mol. The minimum atomic E-state index is -3.23. The van der Waals surface area contributed by atoms with Gasteiger partial charge in [-0.15, -0.1) is 0 Å². The van der Waals surface area contributed by atoms with Gasteiger partial charge in [-0.1, -0.05) is 30.3 Å². The molecule has 0 radical (unpaired) electrons. The normalized spacial score (nSPS) is 21.9. The molecular weight excluding hydrogens is 480 g/mol. The van der Waals surface area contributed by atoms with Crippen molar-refractivity contribution >= 4 is 31.1 Å². The van der Waals surface area contributed by atoms with Crippen LogP contribution in [0.1, 0.15) is 13.8 Å². The molecule has 1 N–H and O–H groups in total. The van der Waals surface area contributed by atoms with E-state index in [-0.39, 0.29) is 16.6 Å². The van der Waals surface area contributed by atoms with Crippen molar-refractivity contribution in [3.63, 3.8) is 0 Å². The number of fused-ring (bicyclic) bond motifs is 2. The number of para-hydroxylation sites is 2. The highest BCUT2D eigenvalue weighted by Gasteiger charge is 2.24. The van der Waals surface area contributed by atoms with Crippen molar-refractivity contribution in [3.8, 4) is 0 Å². The lowest BCUT2D eigenvalue weighted by Gasteiger charge is -2.39. The molecule has 0 amide bonds. The molecule has 2 aliphatic heterocycles. The third-order valence-corrected chi connectivity index (χ3v) is 7.20. The Bertz CT molecular complexity index is 1420. The molecule has 0 aromatic heterocycles. The van der Waals surface area contributed by atoms with Crippen LogP contribution in [0.15, 0.2) is 58.5 Å². The highest BCUT2D eigenvalue weighted by Crippen LogP contribution is 2.11. The van der Waals surface area contributed by atoms with E-state index in [4.69, 9.17) is 0 Å². The number of rotatable bonds is 4. The standard InChI is InChI=1S/C11H14N2O3S.C11H13N2O3S/c2*1-8-9-5-3-4-6-10(9)12-11(13(8)14)7-17(2,15)16/h3-6,11,13H,7H2,1-2H3;3-6,11H,7H2,1-2H3/q;-1. The fourth-order valence-corrected chi connectivity index (χ4v) is 5.29. The van der Waals surface area contributed by atoms with Crippen LogP contribution in [0.25, 0.3) is 11.4 Å². The third kappa shape index (κ3) is 6.27. The van der Waals surface area contributed by atoms with Crippen LogP contribution in [-0.2, 0) is 19.7 Å². The van der Waals surface area contributed by atoms with Crippen LogP contribution < -0.4 is 26.2 Å².